The second-order valence-electron chi connectivity index (χ2n) is 14.3. The summed E-state index contributed by atoms with van der Waals surface area (Å²) in [5, 5.41) is 6.60. The quantitative estimate of drug-likeness (QED) is 0.182. The van der Waals surface area contributed by atoms with E-state index in [1.54, 1.807) is 0 Å². The molecule has 11 rings (SSSR count). The van der Waals surface area contributed by atoms with Crippen molar-refractivity contribution >= 4 is 66.1 Å². The van der Waals surface area contributed by atoms with Crippen LogP contribution in [0.1, 0.15) is 22.5 Å². The lowest BCUT2D eigenvalue weighted by atomic mass is 9.95. The molecule has 0 N–H and O–H groups in total. The second-order valence-corrected chi connectivity index (χ2v) is 14.3. The summed E-state index contributed by atoms with van der Waals surface area (Å²) in [6.07, 6.45) is 0. The number of para-hydroxylation sites is 2. The van der Waals surface area contributed by atoms with Gasteiger partial charge in [0.15, 0.2) is 0 Å². The van der Waals surface area contributed by atoms with Crippen LogP contribution in [0.15, 0.2) is 204 Å². The van der Waals surface area contributed by atoms with Crippen LogP contribution in [0.3, 0.4) is 0 Å². The molecule has 0 radical (unpaired) electrons. The molecule has 0 atom stereocenters. The van der Waals surface area contributed by atoms with Crippen molar-refractivity contribution in [2.75, 3.05) is 0 Å². The summed E-state index contributed by atoms with van der Waals surface area (Å²) in [6.45, 7) is 0. The molecule has 0 bridgehead atoms. The van der Waals surface area contributed by atoms with Crippen molar-refractivity contribution in [3.8, 4) is 22.3 Å². The van der Waals surface area contributed by atoms with Crippen LogP contribution in [0, 0.1) is 0 Å². The van der Waals surface area contributed by atoms with E-state index in [1.165, 1.54) is 22.3 Å². The third-order valence-electron chi connectivity index (χ3n) is 10.8. The van der Waals surface area contributed by atoms with Gasteiger partial charge in [0, 0.05) is 21.9 Å². The molecule has 10 aromatic rings. The highest BCUT2D eigenvalue weighted by atomic mass is 14.9. The number of pyridine rings is 2. The molecule has 0 fully saturated rings. The van der Waals surface area contributed by atoms with E-state index < -0.39 is 0 Å². The normalized spacial score (nSPS) is 12.5. The number of hydrogen-bond donors (Lipinski definition) is 0. The maximum absolute atomic E-state index is 5.53. The van der Waals surface area contributed by atoms with Crippen molar-refractivity contribution in [2.45, 2.75) is 0 Å². The Labute approximate surface area is 323 Å². The van der Waals surface area contributed by atoms with Crippen LogP contribution in [0.25, 0.3) is 65.6 Å². The first-order valence-corrected chi connectivity index (χ1v) is 18.9. The van der Waals surface area contributed by atoms with Gasteiger partial charge >= 0.3 is 0 Å². The number of benzene rings is 8. The number of hydrogen-bond acceptors (Lipinski definition) is 4. The number of rotatable bonds is 4. The standard InChI is InChI=1S/C52H32N4/c1-3-11-33(12-4-1)35-19-21-39-29-43(25-23-37(39)27-35)49-51-47(31-41-15-7-9-17-45(41)53-51)56-50(52-48(55-49)32-42-16-8-10-18-46(42)54-52)44-26-24-38-28-36(20-22-40(38)30-44)34-13-5-2-6-14-34/h1-32H. The summed E-state index contributed by atoms with van der Waals surface area (Å²) < 4.78 is 0. The Morgan fingerprint density at radius 3 is 1.04 bits per heavy atom. The van der Waals surface area contributed by atoms with Crippen molar-refractivity contribution in [1.29, 1.82) is 0 Å². The van der Waals surface area contributed by atoms with E-state index in [0.717, 1.165) is 88.7 Å². The Kier molecular flexibility index (Phi) is 7.46. The smallest absolute Gasteiger partial charge is 0.116 e. The lowest BCUT2D eigenvalue weighted by molar-refractivity contribution is 1.27. The molecule has 0 saturated heterocycles. The lowest BCUT2D eigenvalue weighted by Crippen LogP contribution is -2.13. The van der Waals surface area contributed by atoms with Crippen molar-refractivity contribution in [2.24, 2.45) is 9.98 Å². The molecule has 4 heteroatoms. The second kappa shape index (κ2) is 13.1. The Morgan fingerprint density at radius 1 is 0.250 bits per heavy atom. The highest BCUT2D eigenvalue weighted by Gasteiger charge is 2.24. The van der Waals surface area contributed by atoms with Crippen LogP contribution in [0.2, 0.25) is 0 Å². The highest BCUT2D eigenvalue weighted by molar-refractivity contribution is 6.23. The molecule has 0 aliphatic carbocycles. The molecule has 1 aliphatic heterocycles. The zero-order valence-electron chi connectivity index (χ0n) is 30.3. The monoisotopic (exact) mass is 712 g/mol. The van der Waals surface area contributed by atoms with Gasteiger partial charge in [0.25, 0.3) is 0 Å². The number of aliphatic imine (C=N–C) groups is 2. The van der Waals surface area contributed by atoms with Crippen molar-refractivity contribution in [3.05, 3.63) is 217 Å². The number of aromatic nitrogens is 2. The first-order valence-electron chi connectivity index (χ1n) is 18.9. The number of fused-ring (bicyclic) bond motifs is 6. The Balaban J connectivity index is 1.13. The highest BCUT2D eigenvalue weighted by Crippen LogP contribution is 2.37. The van der Waals surface area contributed by atoms with Crippen LogP contribution in [0.4, 0.5) is 11.4 Å². The van der Waals surface area contributed by atoms with Gasteiger partial charge in [-0.3, -0.25) is 0 Å². The minimum Gasteiger partial charge on any atom is -0.244 e. The van der Waals surface area contributed by atoms with Gasteiger partial charge in [0.1, 0.15) is 11.4 Å². The van der Waals surface area contributed by atoms with Crippen LogP contribution in [0.5, 0.6) is 0 Å². The van der Waals surface area contributed by atoms with Crippen molar-refractivity contribution in [1.82, 2.24) is 9.97 Å². The summed E-state index contributed by atoms with van der Waals surface area (Å²) >= 11 is 0. The van der Waals surface area contributed by atoms with E-state index in [2.05, 4.69) is 158 Å². The van der Waals surface area contributed by atoms with Gasteiger partial charge in [-0.2, -0.15) is 0 Å². The van der Waals surface area contributed by atoms with E-state index in [4.69, 9.17) is 20.0 Å². The molecule has 0 saturated carbocycles. The van der Waals surface area contributed by atoms with Gasteiger partial charge < -0.3 is 0 Å². The van der Waals surface area contributed by atoms with Crippen molar-refractivity contribution < 1.29 is 0 Å². The first-order chi connectivity index (χ1) is 27.7. The summed E-state index contributed by atoms with van der Waals surface area (Å²) in [4.78, 5) is 21.7. The molecule has 0 unspecified atom stereocenters. The lowest BCUT2D eigenvalue weighted by Gasteiger charge is -2.19. The summed E-state index contributed by atoms with van der Waals surface area (Å²) in [5.41, 5.74) is 12.9. The topological polar surface area (TPSA) is 50.5 Å². The molecule has 0 amide bonds. The molecular formula is C52H32N4. The fourth-order valence-electron chi connectivity index (χ4n) is 7.88. The minimum absolute atomic E-state index is 0.730. The molecule has 1 aliphatic rings. The zero-order valence-corrected chi connectivity index (χ0v) is 30.3. The fourth-order valence-corrected chi connectivity index (χ4v) is 7.88. The SMILES string of the molecule is c1ccc(-c2ccc3cc(C4=Nc5cc6ccccc6nc5C(c5ccc6cc(-c7ccccc7)ccc6c5)=Nc5cc6ccccc6nc54)ccc3c2)cc1. The van der Waals surface area contributed by atoms with Crippen LogP contribution in [-0.4, -0.2) is 21.4 Å². The fraction of sp³-hybridized carbons (Fsp3) is 0. The number of nitrogens with zero attached hydrogens (tertiary/aromatic N) is 4. The molecule has 260 valence electrons. The van der Waals surface area contributed by atoms with E-state index >= 15 is 0 Å². The van der Waals surface area contributed by atoms with Crippen LogP contribution >= 0.6 is 0 Å². The molecular weight excluding hydrogens is 681 g/mol. The average molecular weight is 713 g/mol. The molecule has 3 heterocycles. The first kappa shape index (κ1) is 31.9. The molecule has 4 nitrogen and oxygen atoms in total. The predicted octanol–water partition coefficient (Wildman–Crippen LogP) is 13.1. The molecule has 2 aromatic heterocycles. The Morgan fingerprint density at radius 2 is 0.607 bits per heavy atom. The van der Waals surface area contributed by atoms with Gasteiger partial charge in [0.05, 0.1) is 33.8 Å². The van der Waals surface area contributed by atoms with Gasteiger partial charge in [-0.15, -0.1) is 0 Å². The third kappa shape index (κ3) is 5.64. The minimum atomic E-state index is 0.730. The summed E-state index contributed by atoms with van der Waals surface area (Å²) in [7, 11) is 0. The van der Waals surface area contributed by atoms with Crippen LogP contribution < -0.4 is 0 Å². The van der Waals surface area contributed by atoms with Gasteiger partial charge in [0.2, 0.25) is 0 Å². The molecule has 8 aromatic carbocycles. The Hall–Kier alpha value is -7.56. The third-order valence-corrected chi connectivity index (χ3v) is 10.8. The molecule has 0 spiro atoms. The average Bonchev–Trinajstić information content (AvgIpc) is 3.26. The van der Waals surface area contributed by atoms with Gasteiger partial charge in [-0.25, -0.2) is 20.0 Å². The maximum atomic E-state index is 5.53. The van der Waals surface area contributed by atoms with Crippen LogP contribution in [-0.2, 0) is 0 Å². The largest absolute Gasteiger partial charge is 0.244 e. The van der Waals surface area contributed by atoms with Gasteiger partial charge in [-0.05, 0) is 92.3 Å². The zero-order chi connectivity index (χ0) is 37.0. The van der Waals surface area contributed by atoms with Crippen molar-refractivity contribution in [3.63, 3.8) is 0 Å². The summed E-state index contributed by atoms with van der Waals surface area (Å²) in [6, 6.07) is 68.1. The van der Waals surface area contributed by atoms with E-state index in [0.29, 0.717) is 0 Å². The Bertz CT molecular complexity index is 3020. The summed E-state index contributed by atoms with van der Waals surface area (Å²) in [5.74, 6) is 0. The van der Waals surface area contributed by atoms with Gasteiger partial charge in [-0.1, -0.05) is 146 Å². The van der Waals surface area contributed by atoms with E-state index in [1.807, 2.05) is 36.4 Å². The van der Waals surface area contributed by atoms with E-state index in [9.17, 15) is 0 Å². The molecule has 56 heavy (non-hydrogen) atoms. The predicted molar refractivity (Wildman–Crippen MR) is 233 cm³/mol. The van der Waals surface area contributed by atoms with E-state index in [-0.39, 0.29) is 0 Å². The maximum Gasteiger partial charge on any atom is 0.116 e.